The molecule has 0 aromatic carbocycles. The van der Waals surface area contributed by atoms with Gasteiger partial charge in [0, 0.05) is 25.0 Å². The zero-order valence-corrected chi connectivity index (χ0v) is 11.9. The molecular weight excluding hydrogens is 258 g/mol. The number of hydrogen-bond donors (Lipinski definition) is 2. The van der Waals surface area contributed by atoms with E-state index in [4.69, 9.17) is 5.11 Å². The molecule has 0 fully saturated rings. The number of aromatic nitrogens is 4. The van der Waals surface area contributed by atoms with Gasteiger partial charge in [0.05, 0.1) is 0 Å². The standard InChI is InChI=1S/C13H19N5O2/c1-9-4-6-14-12-16-10(17-18(9)12)11(20)15-8-13(2,3)5-7-19/h4,6,19H,5,7-8H2,1-3H3,(H,15,20). The molecule has 0 atom stereocenters. The monoisotopic (exact) mass is 277 g/mol. The average Bonchev–Trinajstić information content (AvgIpc) is 2.81. The van der Waals surface area contributed by atoms with Gasteiger partial charge in [0.1, 0.15) is 0 Å². The first-order valence-corrected chi connectivity index (χ1v) is 6.50. The van der Waals surface area contributed by atoms with Crippen LogP contribution in [0.4, 0.5) is 0 Å². The van der Waals surface area contributed by atoms with Crippen molar-refractivity contribution in [1.82, 2.24) is 24.9 Å². The topological polar surface area (TPSA) is 92.4 Å². The van der Waals surface area contributed by atoms with E-state index in [0.29, 0.717) is 18.7 Å². The van der Waals surface area contributed by atoms with E-state index in [1.165, 1.54) is 4.52 Å². The molecule has 2 aromatic heterocycles. The second kappa shape index (κ2) is 5.54. The van der Waals surface area contributed by atoms with E-state index in [0.717, 1.165) is 5.69 Å². The molecule has 0 aliphatic rings. The van der Waals surface area contributed by atoms with E-state index in [1.54, 1.807) is 12.3 Å². The Labute approximate surface area is 117 Å². The number of aliphatic hydroxyl groups is 1. The lowest BCUT2D eigenvalue weighted by atomic mass is 9.90. The van der Waals surface area contributed by atoms with Crippen molar-refractivity contribution in [2.75, 3.05) is 13.2 Å². The number of fused-ring (bicyclic) bond motifs is 1. The molecule has 2 aromatic rings. The van der Waals surface area contributed by atoms with Crippen LogP contribution in [0.3, 0.4) is 0 Å². The van der Waals surface area contributed by atoms with E-state index in [-0.39, 0.29) is 23.8 Å². The van der Waals surface area contributed by atoms with Crippen LogP contribution >= 0.6 is 0 Å². The van der Waals surface area contributed by atoms with Crippen LogP contribution in [0.2, 0.25) is 0 Å². The fraction of sp³-hybridized carbons (Fsp3) is 0.538. The number of nitrogens with zero attached hydrogens (tertiary/aromatic N) is 4. The minimum atomic E-state index is -0.332. The maximum absolute atomic E-state index is 12.0. The molecule has 1 amide bonds. The molecule has 2 N–H and O–H groups in total. The van der Waals surface area contributed by atoms with Gasteiger partial charge in [0.15, 0.2) is 0 Å². The minimum absolute atomic E-state index is 0.0958. The number of carbonyl (C=O) groups excluding carboxylic acids is 1. The molecule has 0 aliphatic heterocycles. The van der Waals surface area contributed by atoms with Crippen molar-refractivity contribution in [1.29, 1.82) is 0 Å². The second-order valence-electron chi connectivity index (χ2n) is 5.55. The first kappa shape index (κ1) is 14.4. The lowest BCUT2D eigenvalue weighted by Crippen LogP contribution is -2.35. The van der Waals surface area contributed by atoms with E-state index in [9.17, 15) is 4.79 Å². The molecule has 0 saturated carbocycles. The smallest absolute Gasteiger partial charge is 0.291 e. The summed E-state index contributed by atoms with van der Waals surface area (Å²) in [5, 5.41) is 15.9. The fourth-order valence-corrected chi connectivity index (χ4v) is 1.79. The van der Waals surface area contributed by atoms with Crippen LogP contribution in [-0.4, -0.2) is 43.7 Å². The number of aryl methyl sites for hydroxylation is 1. The average molecular weight is 277 g/mol. The predicted molar refractivity (Wildman–Crippen MR) is 73.3 cm³/mol. The highest BCUT2D eigenvalue weighted by molar-refractivity contribution is 5.90. The number of rotatable bonds is 5. The highest BCUT2D eigenvalue weighted by atomic mass is 16.3. The highest BCUT2D eigenvalue weighted by Gasteiger charge is 2.20. The predicted octanol–water partition coefficient (Wildman–Crippen LogP) is 0.571. The van der Waals surface area contributed by atoms with Crippen LogP contribution in [0.5, 0.6) is 0 Å². The third-order valence-corrected chi connectivity index (χ3v) is 3.15. The van der Waals surface area contributed by atoms with Crippen molar-refractivity contribution in [2.45, 2.75) is 27.2 Å². The molecule has 108 valence electrons. The molecule has 0 saturated heterocycles. The summed E-state index contributed by atoms with van der Waals surface area (Å²) in [6.07, 6.45) is 2.25. The van der Waals surface area contributed by atoms with Crippen LogP contribution in [0.25, 0.3) is 5.78 Å². The first-order chi connectivity index (χ1) is 9.43. The Morgan fingerprint density at radius 1 is 1.50 bits per heavy atom. The van der Waals surface area contributed by atoms with E-state index < -0.39 is 0 Å². The molecular formula is C13H19N5O2. The number of amides is 1. The Morgan fingerprint density at radius 3 is 2.90 bits per heavy atom. The van der Waals surface area contributed by atoms with Crippen LogP contribution in [-0.2, 0) is 0 Å². The van der Waals surface area contributed by atoms with Gasteiger partial charge in [-0.25, -0.2) is 9.50 Å². The molecule has 2 rings (SSSR count). The zero-order chi connectivity index (χ0) is 14.8. The second-order valence-corrected chi connectivity index (χ2v) is 5.55. The maximum Gasteiger partial charge on any atom is 0.291 e. The SMILES string of the molecule is Cc1ccnc2nc(C(=O)NCC(C)(C)CCO)nn12. The summed E-state index contributed by atoms with van der Waals surface area (Å²) in [7, 11) is 0. The first-order valence-electron chi connectivity index (χ1n) is 6.50. The summed E-state index contributed by atoms with van der Waals surface area (Å²) >= 11 is 0. The summed E-state index contributed by atoms with van der Waals surface area (Å²) < 4.78 is 1.54. The molecule has 0 unspecified atom stereocenters. The van der Waals surface area contributed by atoms with Crippen molar-refractivity contribution >= 4 is 11.7 Å². The molecule has 0 bridgehead atoms. The molecule has 20 heavy (non-hydrogen) atoms. The fourth-order valence-electron chi connectivity index (χ4n) is 1.79. The maximum atomic E-state index is 12.0. The number of hydrogen-bond acceptors (Lipinski definition) is 5. The van der Waals surface area contributed by atoms with Gasteiger partial charge in [-0.3, -0.25) is 4.79 Å². The molecule has 0 radical (unpaired) electrons. The van der Waals surface area contributed by atoms with Gasteiger partial charge in [-0.15, -0.1) is 5.10 Å². The highest BCUT2D eigenvalue weighted by Crippen LogP contribution is 2.18. The molecule has 7 heteroatoms. The van der Waals surface area contributed by atoms with E-state index in [1.807, 2.05) is 20.8 Å². The Kier molecular flexibility index (Phi) is 3.99. The normalized spacial score (nSPS) is 11.8. The van der Waals surface area contributed by atoms with Crippen molar-refractivity contribution in [3.63, 3.8) is 0 Å². The lowest BCUT2D eigenvalue weighted by molar-refractivity contribution is 0.0918. The summed E-state index contributed by atoms with van der Waals surface area (Å²) in [6.45, 7) is 6.38. The Morgan fingerprint density at radius 2 is 2.25 bits per heavy atom. The van der Waals surface area contributed by atoms with Gasteiger partial charge in [-0.2, -0.15) is 4.98 Å². The Bertz CT molecular complexity index is 620. The van der Waals surface area contributed by atoms with Crippen molar-refractivity contribution in [2.24, 2.45) is 5.41 Å². The van der Waals surface area contributed by atoms with Crippen molar-refractivity contribution in [3.05, 3.63) is 23.8 Å². The number of aliphatic hydroxyl groups excluding tert-OH is 1. The summed E-state index contributed by atoms with van der Waals surface area (Å²) in [6, 6.07) is 1.80. The number of carbonyl (C=O) groups is 1. The largest absolute Gasteiger partial charge is 0.396 e. The molecule has 7 nitrogen and oxygen atoms in total. The van der Waals surface area contributed by atoms with Crippen molar-refractivity contribution in [3.8, 4) is 0 Å². The van der Waals surface area contributed by atoms with Crippen LogP contribution < -0.4 is 5.32 Å². The van der Waals surface area contributed by atoms with Crippen LogP contribution in [0.15, 0.2) is 12.3 Å². The summed E-state index contributed by atoms with van der Waals surface area (Å²) in [5.74, 6) is 0.178. The zero-order valence-electron chi connectivity index (χ0n) is 11.9. The quantitative estimate of drug-likeness (QED) is 0.833. The summed E-state index contributed by atoms with van der Waals surface area (Å²) in [4.78, 5) is 20.2. The van der Waals surface area contributed by atoms with Crippen molar-refractivity contribution < 1.29 is 9.90 Å². The Balaban J connectivity index is 2.10. The third kappa shape index (κ3) is 3.11. The van der Waals surface area contributed by atoms with Crippen LogP contribution in [0.1, 0.15) is 36.6 Å². The van der Waals surface area contributed by atoms with Gasteiger partial charge in [0.25, 0.3) is 11.7 Å². The molecule has 0 spiro atoms. The molecule has 2 heterocycles. The van der Waals surface area contributed by atoms with Gasteiger partial charge < -0.3 is 10.4 Å². The van der Waals surface area contributed by atoms with Gasteiger partial charge in [0.2, 0.25) is 5.82 Å². The van der Waals surface area contributed by atoms with Gasteiger partial charge in [-0.05, 0) is 24.8 Å². The third-order valence-electron chi connectivity index (χ3n) is 3.15. The van der Waals surface area contributed by atoms with Crippen LogP contribution in [0, 0.1) is 12.3 Å². The summed E-state index contributed by atoms with van der Waals surface area (Å²) in [5.41, 5.74) is 0.694. The minimum Gasteiger partial charge on any atom is -0.396 e. The molecule has 0 aliphatic carbocycles. The lowest BCUT2D eigenvalue weighted by Gasteiger charge is -2.23. The van der Waals surface area contributed by atoms with E-state index in [2.05, 4.69) is 20.4 Å². The Hall–Kier alpha value is -2.02. The van der Waals surface area contributed by atoms with Gasteiger partial charge >= 0.3 is 0 Å². The van der Waals surface area contributed by atoms with Gasteiger partial charge in [-0.1, -0.05) is 13.8 Å². The number of nitrogens with one attached hydrogen (secondary N) is 1. The van der Waals surface area contributed by atoms with E-state index >= 15 is 0 Å².